The van der Waals surface area contributed by atoms with Crippen LogP contribution >= 0.6 is 0 Å². The minimum atomic E-state index is -0.796. The molecule has 0 saturated heterocycles. The zero-order chi connectivity index (χ0) is 13.5. The Hall–Kier alpha value is -1.91. The fourth-order valence-electron chi connectivity index (χ4n) is 1.52. The lowest BCUT2D eigenvalue weighted by atomic mass is 10.1. The number of hydrogen-bond donors (Lipinski definition) is 1. The molecule has 4 nitrogen and oxygen atoms in total. The van der Waals surface area contributed by atoms with E-state index in [2.05, 4.69) is 10.1 Å². The van der Waals surface area contributed by atoms with Gasteiger partial charge in [0, 0.05) is 6.54 Å². The molecule has 0 aromatic heterocycles. The summed E-state index contributed by atoms with van der Waals surface area (Å²) < 4.78 is 17.2. The molecule has 0 spiro atoms. The molecule has 0 fully saturated rings. The Kier molecular flexibility index (Phi) is 5.30. The van der Waals surface area contributed by atoms with Gasteiger partial charge in [0.15, 0.2) is 0 Å². The number of esters is 1. The summed E-state index contributed by atoms with van der Waals surface area (Å²) in [4.78, 5) is 23.0. The van der Waals surface area contributed by atoms with E-state index in [0.29, 0.717) is 6.42 Å². The highest BCUT2D eigenvalue weighted by atomic mass is 19.1. The Bertz CT molecular complexity index is 417. The highest BCUT2D eigenvalue weighted by molar-refractivity contribution is 5.97. The highest BCUT2D eigenvalue weighted by Crippen LogP contribution is 2.07. The molecule has 1 unspecified atom stereocenters. The number of amides is 1. The topological polar surface area (TPSA) is 55.4 Å². The fourth-order valence-corrected chi connectivity index (χ4v) is 1.52. The molecular weight excluding hydrogens is 237 g/mol. The van der Waals surface area contributed by atoms with Crippen LogP contribution in [0.5, 0.6) is 0 Å². The second-order valence-electron chi connectivity index (χ2n) is 3.83. The van der Waals surface area contributed by atoms with Gasteiger partial charge in [-0.3, -0.25) is 9.59 Å². The Balaban J connectivity index is 2.54. The number of hydrogen-bond acceptors (Lipinski definition) is 3. The monoisotopic (exact) mass is 253 g/mol. The summed E-state index contributed by atoms with van der Waals surface area (Å²) >= 11 is 0. The molecule has 1 aromatic rings. The summed E-state index contributed by atoms with van der Waals surface area (Å²) in [5.74, 6) is -2.05. The first-order valence-corrected chi connectivity index (χ1v) is 5.68. The normalized spacial score (nSPS) is 11.7. The molecule has 0 aliphatic carbocycles. The van der Waals surface area contributed by atoms with Crippen LogP contribution in [0.4, 0.5) is 4.39 Å². The molecule has 0 bridgehead atoms. The second kappa shape index (κ2) is 6.74. The smallest absolute Gasteiger partial charge is 0.318 e. The van der Waals surface area contributed by atoms with E-state index >= 15 is 0 Å². The van der Waals surface area contributed by atoms with Gasteiger partial charge >= 0.3 is 5.97 Å². The first-order chi connectivity index (χ1) is 8.58. The molecule has 1 atom stereocenters. The summed E-state index contributed by atoms with van der Waals surface area (Å²) in [6.45, 7) is 1.99. The standard InChI is InChI=1S/C13H16FNO3/c1-3-11(13(17)18-2)12(16)15-8-9-4-6-10(14)7-5-9/h4-7,11H,3,8H2,1-2H3,(H,15,16). The number of ether oxygens (including phenoxy) is 1. The average molecular weight is 253 g/mol. The van der Waals surface area contributed by atoms with Crippen LogP contribution in [-0.4, -0.2) is 19.0 Å². The number of methoxy groups -OCH3 is 1. The number of carbonyl (C=O) groups excluding carboxylic acids is 2. The van der Waals surface area contributed by atoms with Crippen molar-refractivity contribution in [1.29, 1.82) is 0 Å². The Labute approximate surface area is 105 Å². The lowest BCUT2D eigenvalue weighted by Crippen LogP contribution is -2.35. The average Bonchev–Trinajstić information content (AvgIpc) is 2.38. The van der Waals surface area contributed by atoms with Gasteiger partial charge < -0.3 is 10.1 Å². The zero-order valence-electron chi connectivity index (χ0n) is 10.4. The van der Waals surface area contributed by atoms with Gasteiger partial charge in [-0.25, -0.2) is 4.39 Å². The minimum Gasteiger partial charge on any atom is -0.468 e. The van der Waals surface area contributed by atoms with E-state index in [4.69, 9.17) is 0 Å². The van der Waals surface area contributed by atoms with Gasteiger partial charge in [-0.1, -0.05) is 19.1 Å². The van der Waals surface area contributed by atoms with E-state index in [1.54, 1.807) is 19.1 Å². The minimum absolute atomic E-state index is 0.257. The Morgan fingerprint density at radius 2 is 1.94 bits per heavy atom. The maximum atomic E-state index is 12.7. The van der Waals surface area contributed by atoms with Crippen molar-refractivity contribution in [2.75, 3.05) is 7.11 Å². The van der Waals surface area contributed by atoms with E-state index < -0.39 is 11.9 Å². The predicted octanol–water partition coefficient (Wildman–Crippen LogP) is 1.64. The molecule has 5 heteroatoms. The summed E-state index contributed by atoms with van der Waals surface area (Å²) in [7, 11) is 1.25. The maximum Gasteiger partial charge on any atom is 0.318 e. The first-order valence-electron chi connectivity index (χ1n) is 5.68. The summed E-state index contributed by atoms with van der Waals surface area (Å²) in [5.41, 5.74) is 0.768. The summed E-state index contributed by atoms with van der Waals surface area (Å²) in [6.07, 6.45) is 0.377. The van der Waals surface area contributed by atoms with E-state index in [0.717, 1.165) is 5.56 Å². The molecule has 1 aromatic carbocycles. The molecule has 1 amide bonds. The van der Waals surface area contributed by atoms with Crippen LogP contribution in [0.2, 0.25) is 0 Å². The molecule has 1 N–H and O–H groups in total. The third kappa shape index (κ3) is 3.84. The van der Waals surface area contributed by atoms with Crippen molar-refractivity contribution in [2.45, 2.75) is 19.9 Å². The molecule has 1 rings (SSSR count). The van der Waals surface area contributed by atoms with E-state index in [9.17, 15) is 14.0 Å². The van der Waals surface area contributed by atoms with Crippen molar-refractivity contribution in [3.8, 4) is 0 Å². The van der Waals surface area contributed by atoms with Gasteiger partial charge in [-0.2, -0.15) is 0 Å². The highest BCUT2D eigenvalue weighted by Gasteiger charge is 2.24. The SMILES string of the molecule is CCC(C(=O)NCc1ccc(F)cc1)C(=O)OC. The largest absolute Gasteiger partial charge is 0.468 e. The van der Waals surface area contributed by atoms with Crippen LogP contribution in [0.25, 0.3) is 0 Å². The lowest BCUT2D eigenvalue weighted by Gasteiger charge is -2.12. The molecule has 0 aliphatic heterocycles. The predicted molar refractivity (Wildman–Crippen MR) is 64.0 cm³/mol. The number of nitrogens with one attached hydrogen (secondary N) is 1. The summed E-state index contributed by atoms with van der Waals surface area (Å²) in [5, 5.41) is 2.62. The molecule has 0 aliphatic rings. The quantitative estimate of drug-likeness (QED) is 0.641. The van der Waals surface area contributed by atoms with Crippen molar-refractivity contribution < 1.29 is 18.7 Å². The Morgan fingerprint density at radius 1 is 1.33 bits per heavy atom. The third-order valence-electron chi connectivity index (χ3n) is 2.59. The molecule has 0 heterocycles. The van der Waals surface area contributed by atoms with Gasteiger partial charge in [0.25, 0.3) is 0 Å². The number of carbonyl (C=O) groups is 2. The summed E-state index contributed by atoms with van der Waals surface area (Å²) in [6, 6.07) is 5.79. The van der Waals surface area contributed by atoms with Crippen LogP contribution in [-0.2, 0) is 20.9 Å². The first kappa shape index (κ1) is 14.2. The van der Waals surface area contributed by atoms with Gasteiger partial charge in [-0.15, -0.1) is 0 Å². The second-order valence-corrected chi connectivity index (χ2v) is 3.83. The van der Waals surface area contributed by atoms with Crippen molar-refractivity contribution in [1.82, 2.24) is 5.32 Å². The van der Waals surface area contributed by atoms with Gasteiger partial charge in [-0.05, 0) is 24.1 Å². The van der Waals surface area contributed by atoms with Gasteiger partial charge in [0.2, 0.25) is 5.91 Å². The van der Waals surface area contributed by atoms with Crippen molar-refractivity contribution in [3.63, 3.8) is 0 Å². The molecule has 98 valence electrons. The van der Waals surface area contributed by atoms with E-state index in [1.807, 2.05) is 0 Å². The van der Waals surface area contributed by atoms with Crippen molar-refractivity contribution >= 4 is 11.9 Å². The van der Waals surface area contributed by atoms with Gasteiger partial charge in [0.1, 0.15) is 11.7 Å². The zero-order valence-corrected chi connectivity index (χ0v) is 10.4. The van der Waals surface area contributed by atoms with Crippen LogP contribution in [0.15, 0.2) is 24.3 Å². The molecule has 18 heavy (non-hydrogen) atoms. The number of halogens is 1. The van der Waals surface area contributed by atoms with E-state index in [1.165, 1.54) is 19.2 Å². The van der Waals surface area contributed by atoms with Crippen LogP contribution < -0.4 is 5.32 Å². The van der Waals surface area contributed by atoms with Crippen LogP contribution in [0.3, 0.4) is 0 Å². The Morgan fingerprint density at radius 3 is 2.44 bits per heavy atom. The molecular formula is C13H16FNO3. The lowest BCUT2D eigenvalue weighted by molar-refractivity contribution is -0.150. The number of benzene rings is 1. The maximum absolute atomic E-state index is 12.7. The molecule has 0 saturated carbocycles. The van der Waals surface area contributed by atoms with Gasteiger partial charge in [0.05, 0.1) is 7.11 Å². The van der Waals surface area contributed by atoms with Crippen LogP contribution in [0, 0.1) is 11.7 Å². The van der Waals surface area contributed by atoms with Crippen molar-refractivity contribution in [2.24, 2.45) is 5.92 Å². The number of rotatable bonds is 5. The molecule has 0 radical (unpaired) electrons. The van der Waals surface area contributed by atoms with E-state index in [-0.39, 0.29) is 18.3 Å². The van der Waals surface area contributed by atoms with Crippen LogP contribution in [0.1, 0.15) is 18.9 Å². The fraction of sp³-hybridized carbons (Fsp3) is 0.385. The third-order valence-corrected chi connectivity index (χ3v) is 2.59. The van der Waals surface area contributed by atoms with Crippen molar-refractivity contribution in [3.05, 3.63) is 35.6 Å².